The summed E-state index contributed by atoms with van der Waals surface area (Å²) in [7, 11) is 0. The molecule has 0 aromatic heterocycles. The first-order chi connectivity index (χ1) is 8.15. The first-order valence-electron chi connectivity index (χ1n) is 5.85. The lowest BCUT2D eigenvalue weighted by Crippen LogP contribution is -2.44. The molecule has 0 bridgehead atoms. The molecule has 1 aliphatic rings. The summed E-state index contributed by atoms with van der Waals surface area (Å²) < 4.78 is 0. The van der Waals surface area contributed by atoms with Crippen molar-refractivity contribution in [2.75, 3.05) is 13.1 Å². The highest BCUT2D eigenvalue weighted by atomic mass is 16.4. The van der Waals surface area contributed by atoms with Crippen LogP contribution in [0.1, 0.15) is 32.1 Å². The minimum Gasteiger partial charge on any atom is -0.480 e. The second kappa shape index (κ2) is 6.79. The van der Waals surface area contributed by atoms with Gasteiger partial charge in [0.05, 0.1) is 0 Å². The van der Waals surface area contributed by atoms with Crippen molar-refractivity contribution in [2.45, 2.75) is 38.1 Å². The molecular weight excluding hydrogens is 220 g/mol. The van der Waals surface area contributed by atoms with Crippen molar-refractivity contribution in [3.8, 4) is 12.3 Å². The average Bonchev–Trinajstić information content (AvgIpc) is 3.09. The van der Waals surface area contributed by atoms with Gasteiger partial charge in [-0.05, 0) is 25.7 Å². The highest BCUT2D eigenvalue weighted by Gasteiger charge is 2.33. The number of carboxylic acid groups (broad SMARTS) is 1. The number of aliphatic carboxylic acids is 1. The summed E-state index contributed by atoms with van der Waals surface area (Å²) in [6, 6.07) is -0.174. The van der Waals surface area contributed by atoms with Gasteiger partial charge >= 0.3 is 12.0 Å². The van der Waals surface area contributed by atoms with E-state index in [1.165, 1.54) is 4.90 Å². The molecule has 0 saturated heterocycles. The van der Waals surface area contributed by atoms with Crippen LogP contribution in [-0.2, 0) is 4.79 Å². The van der Waals surface area contributed by atoms with Gasteiger partial charge in [-0.25, -0.2) is 4.79 Å². The number of carboxylic acids is 1. The standard InChI is InChI=1S/C12H18N2O3/c1-2-3-4-5-8-13-12(17)14(9-11(15)16)10-6-7-10/h1,10H,3-9H2,(H,13,17)(H,15,16). The van der Waals surface area contributed by atoms with E-state index in [9.17, 15) is 9.59 Å². The van der Waals surface area contributed by atoms with Crippen molar-refractivity contribution in [3.05, 3.63) is 0 Å². The largest absolute Gasteiger partial charge is 0.480 e. The number of nitrogens with one attached hydrogen (secondary N) is 1. The monoisotopic (exact) mass is 238 g/mol. The molecule has 0 atom stereocenters. The fraction of sp³-hybridized carbons (Fsp3) is 0.667. The molecule has 5 nitrogen and oxygen atoms in total. The maximum atomic E-state index is 11.7. The molecule has 5 heteroatoms. The van der Waals surface area contributed by atoms with Crippen molar-refractivity contribution in [1.29, 1.82) is 0 Å². The Hall–Kier alpha value is -1.70. The SMILES string of the molecule is C#CCCCCNC(=O)N(CC(=O)O)C1CC1. The highest BCUT2D eigenvalue weighted by Crippen LogP contribution is 2.26. The van der Waals surface area contributed by atoms with Crippen molar-refractivity contribution >= 4 is 12.0 Å². The third-order valence-corrected chi connectivity index (χ3v) is 2.58. The van der Waals surface area contributed by atoms with E-state index in [1.807, 2.05) is 0 Å². The normalized spacial score (nSPS) is 13.8. The lowest BCUT2D eigenvalue weighted by Gasteiger charge is -2.20. The van der Waals surface area contributed by atoms with E-state index >= 15 is 0 Å². The minimum absolute atomic E-state index is 0.108. The number of hydrogen-bond donors (Lipinski definition) is 2. The third kappa shape index (κ3) is 5.25. The number of hydrogen-bond acceptors (Lipinski definition) is 2. The number of urea groups is 1. The Kier molecular flexibility index (Phi) is 5.34. The van der Waals surface area contributed by atoms with Crippen LogP contribution in [0.3, 0.4) is 0 Å². The fourth-order valence-corrected chi connectivity index (χ4v) is 1.55. The molecular formula is C12H18N2O3. The number of terminal acetylenes is 1. The first-order valence-corrected chi connectivity index (χ1v) is 5.85. The van der Waals surface area contributed by atoms with Gasteiger partial charge in [0.2, 0.25) is 0 Å². The fourth-order valence-electron chi connectivity index (χ4n) is 1.55. The van der Waals surface area contributed by atoms with Crippen LogP contribution in [0.4, 0.5) is 4.79 Å². The summed E-state index contributed by atoms with van der Waals surface area (Å²) in [5, 5.41) is 11.4. The van der Waals surface area contributed by atoms with Gasteiger partial charge in [0.25, 0.3) is 0 Å². The zero-order chi connectivity index (χ0) is 12.7. The number of nitrogens with zero attached hydrogens (tertiary/aromatic N) is 1. The maximum absolute atomic E-state index is 11.7. The van der Waals surface area contributed by atoms with Crippen LogP contribution in [0, 0.1) is 12.3 Å². The first kappa shape index (κ1) is 13.4. The molecule has 17 heavy (non-hydrogen) atoms. The third-order valence-electron chi connectivity index (χ3n) is 2.58. The van der Waals surface area contributed by atoms with E-state index in [2.05, 4.69) is 11.2 Å². The molecule has 1 rings (SSSR count). The Labute approximate surface area is 101 Å². The summed E-state index contributed by atoms with van der Waals surface area (Å²) in [6.07, 6.45) is 9.31. The molecule has 0 spiro atoms. The van der Waals surface area contributed by atoms with E-state index in [0.717, 1.165) is 25.7 Å². The van der Waals surface area contributed by atoms with Crippen molar-refractivity contribution in [1.82, 2.24) is 10.2 Å². The predicted octanol–water partition coefficient (Wildman–Crippen LogP) is 1.05. The summed E-state index contributed by atoms with van der Waals surface area (Å²) in [4.78, 5) is 23.7. The van der Waals surface area contributed by atoms with Crippen molar-refractivity contribution in [3.63, 3.8) is 0 Å². The van der Waals surface area contributed by atoms with Crippen molar-refractivity contribution in [2.24, 2.45) is 0 Å². The van der Waals surface area contributed by atoms with Gasteiger partial charge in [0, 0.05) is 19.0 Å². The second-order valence-electron chi connectivity index (χ2n) is 4.15. The lowest BCUT2D eigenvalue weighted by molar-refractivity contribution is -0.137. The van der Waals surface area contributed by atoms with Crippen LogP contribution >= 0.6 is 0 Å². The molecule has 1 saturated carbocycles. The van der Waals surface area contributed by atoms with Gasteiger partial charge in [-0.2, -0.15) is 0 Å². The van der Waals surface area contributed by atoms with Gasteiger partial charge in [0.1, 0.15) is 6.54 Å². The Bertz CT molecular complexity index is 318. The summed E-state index contributed by atoms with van der Waals surface area (Å²) >= 11 is 0. The minimum atomic E-state index is -0.973. The smallest absolute Gasteiger partial charge is 0.323 e. The van der Waals surface area contributed by atoms with E-state index in [0.29, 0.717) is 13.0 Å². The van der Waals surface area contributed by atoms with Crippen LogP contribution < -0.4 is 5.32 Å². The number of amides is 2. The maximum Gasteiger partial charge on any atom is 0.323 e. The Morgan fingerprint density at radius 1 is 1.41 bits per heavy atom. The Balaban J connectivity index is 2.23. The quantitative estimate of drug-likeness (QED) is 0.514. The molecule has 0 aliphatic heterocycles. The lowest BCUT2D eigenvalue weighted by atomic mass is 10.2. The van der Waals surface area contributed by atoms with E-state index < -0.39 is 5.97 Å². The topological polar surface area (TPSA) is 69.6 Å². The summed E-state index contributed by atoms with van der Waals surface area (Å²) in [5.74, 6) is 1.56. The number of rotatable bonds is 7. The summed E-state index contributed by atoms with van der Waals surface area (Å²) in [5.41, 5.74) is 0. The number of carbonyl (C=O) groups is 2. The molecule has 0 heterocycles. The van der Waals surface area contributed by atoms with Gasteiger partial charge in [0.15, 0.2) is 0 Å². The van der Waals surface area contributed by atoms with Crippen LogP contribution in [0.15, 0.2) is 0 Å². The van der Waals surface area contributed by atoms with E-state index in [1.54, 1.807) is 0 Å². The van der Waals surface area contributed by atoms with Crippen LogP contribution in [0.25, 0.3) is 0 Å². The molecule has 0 unspecified atom stereocenters. The Morgan fingerprint density at radius 2 is 2.12 bits per heavy atom. The van der Waals surface area contributed by atoms with Gasteiger partial charge in [-0.3, -0.25) is 4.79 Å². The highest BCUT2D eigenvalue weighted by molar-refractivity contribution is 5.80. The zero-order valence-electron chi connectivity index (χ0n) is 9.82. The molecule has 0 aromatic carbocycles. The number of carbonyl (C=O) groups excluding carboxylic acids is 1. The van der Waals surface area contributed by atoms with Gasteiger partial charge in [-0.15, -0.1) is 12.3 Å². The Morgan fingerprint density at radius 3 is 2.65 bits per heavy atom. The number of unbranched alkanes of at least 4 members (excludes halogenated alkanes) is 2. The molecule has 2 amide bonds. The van der Waals surface area contributed by atoms with E-state index in [4.69, 9.17) is 11.5 Å². The molecule has 0 radical (unpaired) electrons. The zero-order valence-corrected chi connectivity index (χ0v) is 9.82. The van der Waals surface area contributed by atoms with Crippen molar-refractivity contribution < 1.29 is 14.7 Å². The van der Waals surface area contributed by atoms with Crippen LogP contribution in [-0.4, -0.2) is 41.1 Å². The molecule has 94 valence electrons. The second-order valence-corrected chi connectivity index (χ2v) is 4.15. The molecule has 1 aliphatic carbocycles. The summed E-state index contributed by atoms with van der Waals surface area (Å²) in [6.45, 7) is 0.324. The van der Waals surface area contributed by atoms with Gasteiger partial charge in [-0.1, -0.05) is 0 Å². The van der Waals surface area contributed by atoms with Crippen LogP contribution in [0.5, 0.6) is 0 Å². The molecule has 2 N–H and O–H groups in total. The van der Waals surface area contributed by atoms with E-state index in [-0.39, 0.29) is 18.6 Å². The van der Waals surface area contributed by atoms with Crippen LogP contribution in [0.2, 0.25) is 0 Å². The molecule has 1 fully saturated rings. The average molecular weight is 238 g/mol. The van der Waals surface area contributed by atoms with Gasteiger partial charge < -0.3 is 15.3 Å². The molecule has 0 aromatic rings. The predicted molar refractivity (Wildman–Crippen MR) is 63.4 cm³/mol.